The summed E-state index contributed by atoms with van der Waals surface area (Å²) in [4.78, 5) is 24.1. The number of urea groups is 1. The van der Waals surface area contributed by atoms with Crippen LogP contribution in [0.4, 0.5) is 10.5 Å². The van der Waals surface area contributed by atoms with E-state index >= 15 is 0 Å². The third-order valence-corrected chi connectivity index (χ3v) is 6.73. The molecule has 0 aliphatic heterocycles. The molecule has 3 amide bonds. The minimum Gasteiger partial charge on any atom is -0.508 e. The number of rotatable bonds is 21. The number of unbranched alkanes of at least 4 members (excludes halogenated alkanes) is 14. The van der Waals surface area contributed by atoms with Crippen molar-refractivity contribution in [3.63, 3.8) is 0 Å². The van der Waals surface area contributed by atoms with E-state index in [2.05, 4.69) is 22.9 Å². The van der Waals surface area contributed by atoms with E-state index in [1.807, 2.05) is 0 Å². The molecule has 0 unspecified atom stereocenters. The fraction of sp³-hybridized carbons (Fsp3) is 0.562. The van der Waals surface area contributed by atoms with Crippen LogP contribution in [-0.2, 0) is 4.79 Å². The van der Waals surface area contributed by atoms with Crippen LogP contribution in [0.25, 0.3) is 0 Å². The SMILES string of the molecule is CCCCCCCCCCCCCCCCCC(=O)NCNC(=O)Nc1ccc(Oc2ccc(O)cc2)cc1. The molecule has 7 nitrogen and oxygen atoms in total. The predicted molar refractivity (Wildman–Crippen MR) is 159 cm³/mol. The third kappa shape index (κ3) is 16.4. The van der Waals surface area contributed by atoms with Crippen molar-refractivity contribution < 1.29 is 19.4 Å². The van der Waals surface area contributed by atoms with Crippen molar-refractivity contribution in [1.82, 2.24) is 10.6 Å². The molecule has 0 spiro atoms. The van der Waals surface area contributed by atoms with Crippen LogP contribution in [0.5, 0.6) is 17.2 Å². The minimum atomic E-state index is -0.394. The quantitative estimate of drug-likeness (QED) is 0.0942. The molecule has 216 valence electrons. The molecule has 0 aromatic heterocycles. The van der Waals surface area contributed by atoms with Crippen LogP contribution in [0.3, 0.4) is 0 Å². The largest absolute Gasteiger partial charge is 0.508 e. The predicted octanol–water partition coefficient (Wildman–Crippen LogP) is 8.64. The minimum absolute atomic E-state index is 0.0410. The number of amides is 3. The smallest absolute Gasteiger partial charge is 0.320 e. The van der Waals surface area contributed by atoms with Crippen LogP contribution in [0.15, 0.2) is 48.5 Å². The number of hydrogen-bond acceptors (Lipinski definition) is 4. The second kappa shape index (κ2) is 20.7. The van der Waals surface area contributed by atoms with Gasteiger partial charge in [-0.15, -0.1) is 0 Å². The molecular formula is C32H49N3O4. The first-order chi connectivity index (χ1) is 19.1. The first kappa shape index (κ1) is 32.0. The van der Waals surface area contributed by atoms with Crippen LogP contribution >= 0.6 is 0 Å². The average molecular weight is 540 g/mol. The molecule has 0 aliphatic rings. The van der Waals surface area contributed by atoms with Crippen LogP contribution in [0.2, 0.25) is 0 Å². The van der Waals surface area contributed by atoms with Crippen LogP contribution in [-0.4, -0.2) is 23.7 Å². The average Bonchev–Trinajstić information content (AvgIpc) is 2.93. The zero-order valence-electron chi connectivity index (χ0n) is 23.8. The molecule has 0 atom stereocenters. The Labute approximate surface area is 235 Å². The highest BCUT2D eigenvalue weighted by Gasteiger charge is 2.05. The molecule has 2 rings (SSSR count). The molecule has 0 saturated carbocycles. The number of phenolic OH excluding ortho intramolecular Hbond substituents is 1. The number of hydrogen-bond donors (Lipinski definition) is 4. The van der Waals surface area contributed by atoms with Gasteiger partial charge < -0.3 is 25.8 Å². The number of carbonyl (C=O) groups excluding carboxylic acids is 2. The topological polar surface area (TPSA) is 99.7 Å². The Morgan fingerprint density at radius 1 is 0.641 bits per heavy atom. The van der Waals surface area contributed by atoms with Gasteiger partial charge in [-0.2, -0.15) is 0 Å². The number of anilines is 1. The van der Waals surface area contributed by atoms with Crippen molar-refractivity contribution in [3.05, 3.63) is 48.5 Å². The molecule has 0 saturated heterocycles. The van der Waals surface area contributed by atoms with Crippen LogP contribution in [0, 0.1) is 0 Å². The van der Waals surface area contributed by atoms with Gasteiger partial charge in [0, 0.05) is 12.1 Å². The van der Waals surface area contributed by atoms with E-state index in [0.717, 1.165) is 12.8 Å². The first-order valence-electron chi connectivity index (χ1n) is 15.0. The van der Waals surface area contributed by atoms with Gasteiger partial charge in [0.15, 0.2) is 0 Å². The summed E-state index contributed by atoms with van der Waals surface area (Å²) in [5.74, 6) is 1.35. The van der Waals surface area contributed by atoms with Gasteiger partial charge in [0.25, 0.3) is 0 Å². The summed E-state index contributed by atoms with van der Waals surface area (Å²) in [5.41, 5.74) is 0.606. The lowest BCUT2D eigenvalue weighted by Gasteiger charge is -2.10. The van der Waals surface area contributed by atoms with Crippen molar-refractivity contribution in [3.8, 4) is 17.2 Å². The number of nitrogens with one attached hydrogen (secondary N) is 3. The van der Waals surface area contributed by atoms with Gasteiger partial charge in [0.05, 0.1) is 6.67 Å². The van der Waals surface area contributed by atoms with Gasteiger partial charge in [-0.05, 0) is 55.0 Å². The van der Waals surface area contributed by atoms with E-state index in [9.17, 15) is 14.7 Å². The molecular weight excluding hydrogens is 490 g/mol. The lowest BCUT2D eigenvalue weighted by molar-refractivity contribution is -0.121. The fourth-order valence-corrected chi connectivity index (χ4v) is 4.40. The maximum atomic E-state index is 12.1. The van der Waals surface area contributed by atoms with E-state index in [0.29, 0.717) is 23.6 Å². The normalized spacial score (nSPS) is 10.7. The fourth-order valence-electron chi connectivity index (χ4n) is 4.40. The van der Waals surface area contributed by atoms with Crippen molar-refractivity contribution in [1.29, 1.82) is 0 Å². The van der Waals surface area contributed by atoms with E-state index in [1.165, 1.54) is 83.5 Å². The highest BCUT2D eigenvalue weighted by molar-refractivity contribution is 5.89. The monoisotopic (exact) mass is 539 g/mol. The van der Waals surface area contributed by atoms with Crippen molar-refractivity contribution in [2.45, 2.75) is 110 Å². The second-order valence-corrected chi connectivity index (χ2v) is 10.2. The lowest BCUT2D eigenvalue weighted by Crippen LogP contribution is -2.39. The summed E-state index contributed by atoms with van der Waals surface area (Å²) in [6, 6.07) is 13.0. The molecule has 0 fully saturated rings. The highest BCUT2D eigenvalue weighted by Crippen LogP contribution is 2.24. The number of benzene rings is 2. The zero-order chi connectivity index (χ0) is 28.0. The molecule has 0 bridgehead atoms. The molecule has 0 heterocycles. The first-order valence-corrected chi connectivity index (χ1v) is 15.0. The Hall–Kier alpha value is -3.22. The van der Waals surface area contributed by atoms with Crippen molar-refractivity contribution in [2.24, 2.45) is 0 Å². The van der Waals surface area contributed by atoms with E-state index in [-0.39, 0.29) is 18.3 Å². The summed E-state index contributed by atoms with van der Waals surface area (Å²) in [6.07, 6.45) is 20.0. The molecule has 2 aromatic carbocycles. The highest BCUT2D eigenvalue weighted by atomic mass is 16.5. The van der Waals surface area contributed by atoms with E-state index in [4.69, 9.17) is 4.74 Å². The molecule has 39 heavy (non-hydrogen) atoms. The Kier molecular flexibility index (Phi) is 17.0. The summed E-state index contributed by atoms with van der Waals surface area (Å²) in [7, 11) is 0. The summed E-state index contributed by atoms with van der Waals surface area (Å²) in [6.45, 7) is 2.36. The Balaban J connectivity index is 1.40. The van der Waals surface area contributed by atoms with Gasteiger partial charge in [-0.25, -0.2) is 4.79 Å². The Morgan fingerprint density at radius 2 is 1.10 bits per heavy atom. The Bertz CT molecular complexity index is 916. The van der Waals surface area contributed by atoms with Gasteiger partial charge in [0.2, 0.25) is 5.91 Å². The second-order valence-electron chi connectivity index (χ2n) is 10.2. The van der Waals surface area contributed by atoms with E-state index in [1.54, 1.807) is 48.5 Å². The van der Waals surface area contributed by atoms with Gasteiger partial charge in [-0.3, -0.25) is 4.79 Å². The summed E-state index contributed by atoms with van der Waals surface area (Å²) in [5, 5.41) is 17.4. The van der Waals surface area contributed by atoms with Crippen molar-refractivity contribution in [2.75, 3.05) is 12.0 Å². The molecule has 7 heteroatoms. The van der Waals surface area contributed by atoms with Crippen LogP contribution < -0.4 is 20.7 Å². The third-order valence-electron chi connectivity index (χ3n) is 6.73. The van der Waals surface area contributed by atoms with Crippen LogP contribution in [0.1, 0.15) is 110 Å². The maximum Gasteiger partial charge on any atom is 0.320 e. The van der Waals surface area contributed by atoms with Gasteiger partial charge >= 0.3 is 6.03 Å². The van der Waals surface area contributed by atoms with E-state index < -0.39 is 6.03 Å². The number of phenols is 1. The lowest BCUT2D eigenvalue weighted by atomic mass is 10.0. The molecule has 0 aliphatic carbocycles. The van der Waals surface area contributed by atoms with Gasteiger partial charge in [0.1, 0.15) is 17.2 Å². The summed E-state index contributed by atoms with van der Waals surface area (Å²) < 4.78 is 5.69. The summed E-state index contributed by atoms with van der Waals surface area (Å²) >= 11 is 0. The number of ether oxygens (including phenoxy) is 1. The zero-order valence-corrected chi connectivity index (χ0v) is 23.8. The molecule has 0 radical (unpaired) electrons. The molecule has 4 N–H and O–H groups in total. The Morgan fingerprint density at radius 3 is 1.62 bits per heavy atom. The van der Waals surface area contributed by atoms with Gasteiger partial charge in [-0.1, -0.05) is 96.8 Å². The van der Waals surface area contributed by atoms with Crippen molar-refractivity contribution >= 4 is 17.6 Å². The molecule has 2 aromatic rings. The maximum absolute atomic E-state index is 12.1. The standard InChI is InChI=1S/C32H49N3O4/c1-2-3-4-5-6-7-8-9-10-11-12-13-14-15-16-17-31(37)33-26-34-32(38)35-27-18-22-29(23-19-27)39-30-24-20-28(36)21-25-30/h18-25,36H,2-17,26H2,1H3,(H,33,37)(H2,34,35,38). The number of carbonyl (C=O) groups is 2. The number of aromatic hydroxyl groups is 1.